The number of nitrogens with zero attached hydrogens (tertiary/aromatic N) is 1. The maximum atomic E-state index is 12.3. The number of ether oxygens (including phenoxy) is 1. The molecule has 0 bridgehead atoms. The van der Waals surface area contributed by atoms with Crippen molar-refractivity contribution in [1.29, 1.82) is 0 Å². The number of carbonyl (C=O) groups is 2. The van der Waals surface area contributed by atoms with Crippen molar-refractivity contribution in [2.24, 2.45) is 0 Å². The van der Waals surface area contributed by atoms with E-state index in [1.54, 1.807) is 25.1 Å². The number of carboxylic acids is 1. The van der Waals surface area contributed by atoms with Gasteiger partial charge in [0.25, 0.3) is 0 Å². The number of esters is 1. The van der Waals surface area contributed by atoms with Crippen LogP contribution >= 0.6 is 0 Å². The maximum absolute atomic E-state index is 12.3. The fraction of sp³-hybridized carbons (Fsp3) is 0.143. The number of rotatable bonds is 5. The average Bonchev–Trinajstić information content (AvgIpc) is 3.00. The molecule has 0 spiro atoms. The van der Waals surface area contributed by atoms with Gasteiger partial charge in [0.15, 0.2) is 0 Å². The van der Waals surface area contributed by atoms with Crippen LogP contribution in [-0.4, -0.2) is 23.1 Å². The van der Waals surface area contributed by atoms with Gasteiger partial charge in [-0.1, -0.05) is 42.5 Å². The molecule has 3 aromatic rings. The number of benzene rings is 2. The van der Waals surface area contributed by atoms with E-state index < -0.39 is 5.97 Å². The second kappa shape index (κ2) is 7.27. The van der Waals surface area contributed by atoms with E-state index in [2.05, 4.69) is 0 Å². The van der Waals surface area contributed by atoms with Crippen LogP contribution in [-0.2, 0) is 4.74 Å². The molecule has 1 aromatic heterocycles. The van der Waals surface area contributed by atoms with Crippen molar-refractivity contribution >= 4 is 11.9 Å². The van der Waals surface area contributed by atoms with Crippen LogP contribution in [0.2, 0.25) is 0 Å². The highest BCUT2D eigenvalue weighted by Gasteiger charge is 2.20. The molecule has 0 saturated carbocycles. The number of hydrogen-bond acceptors (Lipinski definition) is 4. The molecule has 0 unspecified atom stereocenters. The Labute approximate surface area is 151 Å². The molecule has 2 aromatic carbocycles. The lowest BCUT2D eigenvalue weighted by atomic mass is 10.1. The average molecular weight is 348 g/mol. The third kappa shape index (κ3) is 3.24. The van der Waals surface area contributed by atoms with Gasteiger partial charge in [-0.15, -0.1) is 0 Å². The van der Waals surface area contributed by atoms with Gasteiger partial charge in [0.1, 0.15) is 0 Å². The molecule has 0 aliphatic heterocycles. The van der Waals surface area contributed by atoms with Crippen molar-refractivity contribution < 1.29 is 19.4 Å². The van der Waals surface area contributed by atoms with E-state index >= 15 is 0 Å². The minimum absolute atomic E-state index is 0.102. The molecule has 0 radical (unpaired) electrons. The van der Waals surface area contributed by atoms with E-state index in [9.17, 15) is 14.7 Å². The highest BCUT2D eigenvalue weighted by atomic mass is 16.5. The van der Waals surface area contributed by atoms with E-state index in [0.29, 0.717) is 12.2 Å². The SMILES string of the molecule is CCOC(=O)c1cc(-c2ccccc2)n(-c2ccc(C(=O)[O-])cc2)c1C. The largest absolute Gasteiger partial charge is 0.545 e. The van der Waals surface area contributed by atoms with Gasteiger partial charge in [-0.05, 0) is 43.2 Å². The Kier molecular flexibility index (Phi) is 4.89. The molecule has 0 saturated heterocycles. The first-order chi connectivity index (χ1) is 12.5. The summed E-state index contributed by atoms with van der Waals surface area (Å²) in [5.74, 6) is -1.61. The Hall–Kier alpha value is -3.34. The summed E-state index contributed by atoms with van der Waals surface area (Å²) in [5, 5.41) is 11.0. The molecule has 0 atom stereocenters. The lowest BCUT2D eigenvalue weighted by molar-refractivity contribution is -0.255. The van der Waals surface area contributed by atoms with Crippen molar-refractivity contribution in [1.82, 2.24) is 4.57 Å². The Balaban J connectivity index is 2.18. The van der Waals surface area contributed by atoms with Crippen LogP contribution in [0.15, 0.2) is 60.7 Å². The van der Waals surface area contributed by atoms with Crippen LogP contribution in [0, 0.1) is 6.92 Å². The fourth-order valence-electron chi connectivity index (χ4n) is 2.92. The van der Waals surface area contributed by atoms with Gasteiger partial charge in [0.2, 0.25) is 0 Å². The summed E-state index contributed by atoms with van der Waals surface area (Å²) in [6.45, 7) is 3.90. The maximum Gasteiger partial charge on any atom is 0.339 e. The highest BCUT2D eigenvalue weighted by molar-refractivity contribution is 5.93. The Bertz CT molecular complexity index is 940. The quantitative estimate of drug-likeness (QED) is 0.665. The lowest BCUT2D eigenvalue weighted by Gasteiger charge is -2.13. The van der Waals surface area contributed by atoms with Crippen LogP contribution < -0.4 is 5.11 Å². The second-order valence-corrected chi connectivity index (χ2v) is 5.78. The smallest absolute Gasteiger partial charge is 0.339 e. The number of carbonyl (C=O) groups excluding carboxylic acids is 2. The van der Waals surface area contributed by atoms with Gasteiger partial charge in [0, 0.05) is 11.4 Å². The van der Waals surface area contributed by atoms with Gasteiger partial charge in [0.05, 0.1) is 23.8 Å². The fourth-order valence-corrected chi connectivity index (χ4v) is 2.92. The van der Waals surface area contributed by atoms with Crippen molar-refractivity contribution in [3.05, 3.63) is 77.5 Å². The molecule has 0 aliphatic rings. The van der Waals surface area contributed by atoms with Crippen molar-refractivity contribution in [3.63, 3.8) is 0 Å². The van der Waals surface area contributed by atoms with Crippen LogP contribution in [0.25, 0.3) is 16.9 Å². The van der Waals surface area contributed by atoms with Crippen LogP contribution in [0.5, 0.6) is 0 Å². The van der Waals surface area contributed by atoms with Gasteiger partial charge in [-0.3, -0.25) is 0 Å². The van der Waals surface area contributed by atoms with E-state index in [1.165, 1.54) is 12.1 Å². The zero-order valence-corrected chi connectivity index (χ0v) is 14.6. The molecule has 5 nitrogen and oxygen atoms in total. The minimum Gasteiger partial charge on any atom is -0.545 e. The zero-order chi connectivity index (χ0) is 18.7. The van der Waals surface area contributed by atoms with Crippen molar-refractivity contribution in [2.45, 2.75) is 13.8 Å². The summed E-state index contributed by atoms with van der Waals surface area (Å²) in [6, 6.07) is 17.8. The third-order valence-electron chi connectivity index (χ3n) is 4.17. The molecule has 3 rings (SSSR count). The Morgan fingerprint density at radius 1 is 1.04 bits per heavy atom. The van der Waals surface area contributed by atoms with E-state index in [4.69, 9.17) is 4.74 Å². The summed E-state index contributed by atoms with van der Waals surface area (Å²) in [7, 11) is 0. The number of hydrogen-bond donors (Lipinski definition) is 0. The van der Waals surface area contributed by atoms with Crippen LogP contribution in [0.3, 0.4) is 0 Å². The van der Waals surface area contributed by atoms with E-state index in [1.807, 2.05) is 41.8 Å². The molecule has 5 heteroatoms. The molecular weight excluding hydrogens is 330 g/mol. The molecule has 0 N–H and O–H groups in total. The molecule has 0 amide bonds. The van der Waals surface area contributed by atoms with Gasteiger partial charge in [-0.2, -0.15) is 0 Å². The standard InChI is InChI=1S/C21H19NO4/c1-3-26-21(25)18-13-19(15-7-5-4-6-8-15)22(14(18)2)17-11-9-16(10-12-17)20(23)24/h4-13H,3H2,1-2H3,(H,23,24)/p-1. The second-order valence-electron chi connectivity index (χ2n) is 5.78. The van der Waals surface area contributed by atoms with Crippen molar-refractivity contribution in [3.8, 4) is 16.9 Å². The molecule has 0 aliphatic carbocycles. The van der Waals surface area contributed by atoms with Gasteiger partial charge >= 0.3 is 5.97 Å². The first-order valence-electron chi connectivity index (χ1n) is 8.29. The Morgan fingerprint density at radius 3 is 2.27 bits per heavy atom. The summed E-state index contributed by atoms with van der Waals surface area (Å²) >= 11 is 0. The first-order valence-corrected chi connectivity index (χ1v) is 8.29. The number of aromatic carboxylic acids is 1. The first kappa shape index (κ1) is 17.5. The topological polar surface area (TPSA) is 71.4 Å². The molecule has 1 heterocycles. The predicted molar refractivity (Wildman–Crippen MR) is 96.2 cm³/mol. The lowest BCUT2D eigenvalue weighted by Crippen LogP contribution is -2.22. The molecular formula is C21H18NO4-. The van der Waals surface area contributed by atoms with Gasteiger partial charge < -0.3 is 19.2 Å². The third-order valence-corrected chi connectivity index (χ3v) is 4.17. The molecule has 0 fully saturated rings. The summed E-state index contributed by atoms with van der Waals surface area (Å²) in [4.78, 5) is 23.3. The zero-order valence-electron chi connectivity index (χ0n) is 14.6. The van der Waals surface area contributed by atoms with E-state index in [-0.39, 0.29) is 11.5 Å². The van der Waals surface area contributed by atoms with Crippen molar-refractivity contribution in [2.75, 3.05) is 6.61 Å². The number of aromatic nitrogens is 1. The molecule has 26 heavy (non-hydrogen) atoms. The normalized spacial score (nSPS) is 10.5. The molecule has 132 valence electrons. The van der Waals surface area contributed by atoms with Crippen LogP contribution in [0.1, 0.15) is 33.3 Å². The monoisotopic (exact) mass is 348 g/mol. The van der Waals surface area contributed by atoms with E-state index in [0.717, 1.165) is 22.6 Å². The summed E-state index contributed by atoms with van der Waals surface area (Å²) in [6.07, 6.45) is 0. The summed E-state index contributed by atoms with van der Waals surface area (Å²) < 4.78 is 7.08. The Morgan fingerprint density at radius 2 is 1.69 bits per heavy atom. The predicted octanol–water partition coefficient (Wildman–Crippen LogP) is 2.99. The minimum atomic E-state index is -1.23. The van der Waals surface area contributed by atoms with Gasteiger partial charge in [-0.25, -0.2) is 4.79 Å². The highest BCUT2D eigenvalue weighted by Crippen LogP contribution is 2.30. The van der Waals surface area contributed by atoms with Crippen LogP contribution in [0.4, 0.5) is 0 Å². The number of carboxylic acid groups (broad SMARTS) is 1. The summed E-state index contributed by atoms with van der Waals surface area (Å²) in [5.41, 5.74) is 3.83.